The summed E-state index contributed by atoms with van der Waals surface area (Å²) in [5.74, 6) is -0.0549. The van der Waals surface area contributed by atoms with Gasteiger partial charge in [-0.3, -0.25) is 4.79 Å². The number of piperidine rings is 1. The van der Waals surface area contributed by atoms with Crippen LogP contribution in [0.15, 0.2) is 18.2 Å². The predicted octanol–water partition coefficient (Wildman–Crippen LogP) is 2.82. The van der Waals surface area contributed by atoms with Crippen molar-refractivity contribution in [2.45, 2.75) is 25.3 Å². The van der Waals surface area contributed by atoms with Crippen LogP contribution < -0.4 is 10.6 Å². The predicted molar refractivity (Wildman–Crippen MR) is 82.1 cm³/mol. The third-order valence-corrected chi connectivity index (χ3v) is 4.68. The molecule has 0 bridgehead atoms. The normalized spacial score (nSPS) is 19.6. The van der Waals surface area contributed by atoms with E-state index in [9.17, 15) is 4.79 Å². The Morgan fingerprint density at radius 1 is 1.50 bits per heavy atom. The number of halogens is 2. The number of benzene rings is 1. The summed E-state index contributed by atoms with van der Waals surface area (Å²) in [7, 11) is 0. The second-order valence-electron chi connectivity index (χ2n) is 4.49. The third kappa shape index (κ3) is 3.83. The van der Waals surface area contributed by atoms with Crippen molar-refractivity contribution in [3.05, 3.63) is 32.4 Å². The Bertz CT molecular complexity index is 433. The van der Waals surface area contributed by atoms with E-state index >= 15 is 0 Å². The van der Waals surface area contributed by atoms with E-state index in [1.54, 1.807) is 12.1 Å². The number of amides is 1. The fraction of sp³-hybridized carbons (Fsp3) is 0.462. The molecule has 98 valence electrons. The van der Waals surface area contributed by atoms with Crippen LogP contribution in [0.1, 0.15) is 29.6 Å². The summed E-state index contributed by atoms with van der Waals surface area (Å²) < 4.78 is 0.958. The van der Waals surface area contributed by atoms with Gasteiger partial charge in [-0.05, 0) is 60.2 Å². The first-order valence-electron chi connectivity index (χ1n) is 6.13. The first-order chi connectivity index (χ1) is 8.66. The molecule has 0 aromatic heterocycles. The minimum Gasteiger partial charge on any atom is -0.350 e. The van der Waals surface area contributed by atoms with Crippen LogP contribution in [0, 0.1) is 3.57 Å². The molecule has 3 nitrogen and oxygen atoms in total. The summed E-state index contributed by atoms with van der Waals surface area (Å²) in [5.41, 5.74) is 0.622. The SMILES string of the molecule is O=C(NCC1CCCCN1)c1ccc(I)c(Cl)c1. The fourth-order valence-corrected chi connectivity index (χ4v) is 2.57. The Morgan fingerprint density at radius 3 is 3.00 bits per heavy atom. The quantitative estimate of drug-likeness (QED) is 0.794. The molecule has 2 N–H and O–H groups in total. The monoisotopic (exact) mass is 378 g/mol. The highest BCUT2D eigenvalue weighted by molar-refractivity contribution is 14.1. The topological polar surface area (TPSA) is 41.1 Å². The van der Waals surface area contributed by atoms with E-state index in [1.165, 1.54) is 12.8 Å². The molecule has 18 heavy (non-hydrogen) atoms. The van der Waals surface area contributed by atoms with Crippen LogP contribution in [0.3, 0.4) is 0 Å². The maximum atomic E-state index is 12.0. The number of hydrogen-bond donors (Lipinski definition) is 2. The summed E-state index contributed by atoms with van der Waals surface area (Å²) in [6.07, 6.45) is 3.60. The number of hydrogen-bond acceptors (Lipinski definition) is 2. The van der Waals surface area contributed by atoms with E-state index in [0.29, 0.717) is 23.2 Å². The molecule has 2 rings (SSSR count). The lowest BCUT2D eigenvalue weighted by Crippen LogP contribution is -2.43. The average Bonchev–Trinajstić information content (AvgIpc) is 2.40. The number of nitrogens with one attached hydrogen (secondary N) is 2. The van der Waals surface area contributed by atoms with Gasteiger partial charge in [-0.1, -0.05) is 18.0 Å². The first-order valence-corrected chi connectivity index (χ1v) is 7.59. The highest BCUT2D eigenvalue weighted by Crippen LogP contribution is 2.19. The molecule has 1 atom stereocenters. The highest BCUT2D eigenvalue weighted by Gasteiger charge is 2.14. The summed E-state index contributed by atoms with van der Waals surface area (Å²) in [6, 6.07) is 5.78. The molecule has 0 aliphatic carbocycles. The smallest absolute Gasteiger partial charge is 0.251 e. The molecule has 0 spiro atoms. The molecule has 1 heterocycles. The second kappa shape index (κ2) is 6.73. The summed E-state index contributed by atoms with van der Waals surface area (Å²) in [6.45, 7) is 1.73. The minimum absolute atomic E-state index is 0.0549. The molecule has 0 saturated carbocycles. The summed E-state index contributed by atoms with van der Waals surface area (Å²) in [5, 5.41) is 6.98. The van der Waals surface area contributed by atoms with Gasteiger partial charge in [0.25, 0.3) is 5.91 Å². The van der Waals surface area contributed by atoms with Gasteiger partial charge in [0.2, 0.25) is 0 Å². The maximum absolute atomic E-state index is 12.0. The molecule has 1 aromatic carbocycles. The number of carbonyl (C=O) groups is 1. The molecule has 1 amide bonds. The molecule has 1 aliphatic heterocycles. The van der Waals surface area contributed by atoms with Crippen LogP contribution in [0.4, 0.5) is 0 Å². The van der Waals surface area contributed by atoms with Crippen LogP contribution in [0.5, 0.6) is 0 Å². The van der Waals surface area contributed by atoms with E-state index in [0.717, 1.165) is 16.5 Å². The lowest BCUT2D eigenvalue weighted by Gasteiger charge is -2.23. The van der Waals surface area contributed by atoms with E-state index in [1.807, 2.05) is 6.07 Å². The zero-order valence-corrected chi connectivity index (χ0v) is 12.9. The van der Waals surface area contributed by atoms with Crippen molar-refractivity contribution in [1.82, 2.24) is 10.6 Å². The van der Waals surface area contributed by atoms with Crippen molar-refractivity contribution in [2.75, 3.05) is 13.1 Å². The lowest BCUT2D eigenvalue weighted by molar-refractivity contribution is 0.0947. The van der Waals surface area contributed by atoms with Crippen molar-refractivity contribution < 1.29 is 4.79 Å². The van der Waals surface area contributed by atoms with Gasteiger partial charge in [-0.15, -0.1) is 0 Å². The van der Waals surface area contributed by atoms with Gasteiger partial charge in [0.05, 0.1) is 5.02 Å². The molecule has 5 heteroatoms. The summed E-state index contributed by atoms with van der Waals surface area (Å²) >= 11 is 8.15. The number of carbonyl (C=O) groups excluding carboxylic acids is 1. The van der Waals surface area contributed by atoms with Crippen molar-refractivity contribution in [3.8, 4) is 0 Å². The minimum atomic E-state index is -0.0549. The maximum Gasteiger partial charge on any atom is 0.251 e. The van der Waals surface area contributed by atoms with Crippen LogP contribution in [0.2, 0.25) is 5.02 Å². The van der Waals surface area contributed by atoms with Gasteiger partial charge < -0.3 is 10.6 Å². The number of rotatable bonds is 3. The zero-order chi connectivity index (χ0) is 13.0. The van der Waals surface area contributed by atoms with Crippen LogP contribution >= 0.6 is 34.2 Å². The molecule has 1 aliphatic rings. The van der Waals surface area contributed by atoms with Crippen molar-refractivity contribution in [3.63, 3.8) is 0 Å². The standard InChI is InChI=1S/C13H16ClIN2O/c14-11-7-9(4-5-12(11)15)13(18)17-8-10-3-1-2-6-16-10/h4-5,7,10,16H,1-3,6,8H2,(H,17,18). The second-order valence-corrected chi connectivity index (χ2v) is 6.06. The molecule has 1 saturated heterocycles. The van der Waals surface area contributed by atoms with Gasteiger partial charge in [0.1, 0.15) is 0 Å². The Hall–Kier alpha value is -0.330. The zero-order valence-electron chi connectivity index (χ0n) is 10.0. The molecule has 1 unspecified atom stereocenters. The van der Waals surface area contributed by atoms with Gasteiger partial charge in [-0.25, -0.2) is 0 Å². The van der Waals surface area contributed by atoms with Gasteiger partial charge >= 0.3 is 0 Å². The fourth-order valence-electron chi connectivity index (χ4n) is 2.05. The van der Waals surface area contributed by atoms with Crippen LogP contribution in [0.25, 0.3) is 0 Å². The van der Waals surface area contributed by atoms with E-state index in [-0.39, 0.29) is 5.91 Å². The van der Waals surface area contributed by atoms with Gasteiger partial charge in [0.15, 0.2) is 0 Å². The Labute approximate surface area is 126 Å². The van der Waals surface area contributed by atoms with Crippen LogP contribution in [-0.4, -0.2) is 25.0 Å². The lowest BCUT2D eigenvalue weighted by atomic mass is 10.1. The van der Waals surface area contributed by atoms with Crippen molar-refractivity contribution >= 4 is 40.1 Å². The van der Waals surface area contributed by atoms with Crippen LogP contribution in [-0.2, 0) is 0 Å². The molecule has 1 fully saturated rings. The van der Waals surface area contributed by atoms with Gasteiger partial charge in [0, 0.05) is 21.7 Å². The first kappa shape index (κ1) is 14.1. The van der Waals surface area contributed by atoms with Gasteiger partial charge in [-0.2, -0.15) is 0 Å². The van der Waals surface area contributed by atoms with E-state index < -0.39 is 0 Å². The van der Waals surface area contributed by atoms with E-state index in [2.05, 4.69) is 33.2 Å². The molecule has 1 aromatic rings. The Balaban J connectivity index is 1.88. The third-order valence-electron chi connectivity index (χ3n) is 3.10. The van der Waals surface area contributed by atoms with Crippen molar-refractivity contribution in [2.24, 2.45) is 0 Å². The molecule has 0 radical (unpaired) electrons. The van der Waals surface area contributed by atoms with Crippen molar-refractivity contribution in [1.29, 1.82) is 0 Å². The summed E-state index contributed by atoms with van der Waals surface area (Å²) in [4.78, 5) is 12.0. The van der Waals surface area contributed by atoms with E-state index in [4.69, 9.17) is 11.6 Å². The highest BCUT2D eigenvalue weighted by atomic mass is 127. The largest absolute Gasteiger partial charge is 0.350 e. The molecular formula is C13H16ClIN2O. The Kier molecular flexibility index (Phi) is 5.26. The Morgan fingerprint density at radius 2 is 2.33 bits per heavy atom. The average molecular weight is 379 g/mol. The molecular weight excluding hydrogens is 363 g/mol.